The molecule has 0 bridgehead atoms. The van der Waals surface area contributed by atoms with Crippen molar-refractivity contribution in [3.8, 4) is 6.07 Å². The highest BCUT2D eigenvalue weighted by Crippen LogP contribution is 2.46. The first-order valence-electron chi connectivity index (χ1n) is 8.98. The topological polar surface area (TPSA) is 103 Å². The van der Waals surface area contributed by atoms with Crippen molar-refractivity contribution in [1.82, 2.24) is 20.5 Å². The monoisotopic (exact) mass is 396 g/mol. The zero-order chi connectivity index (χ0) is 19.4. The average molecular weight is 396 g/mol. The fourth-order valence-electron chi connectivity index (χ4n) is 3.91. The molecule has 3 aromatic heterocycles. The van der Waals surface area contributed by atoms with Gasteiger partial charge in [0.15, 0.2) is 5.82 Å². The van der Waals surface area contributed by atoms with Crippen LogP contribution in [-0.4, -0.2) is 20.5 Å². The second-order valence-corrected chi connectivity index (χ2v) is 7.86. The standard InChI is InChI=1S/C21H12N6OS/c22-9-13-18(12-5-3-6-15-19(12)27-28-26-15)14-10-23-25-21(14)24-20(13)17-8-11-4-1-2-7-16(11)29-17/h1-8,10,18H,(H2,23,24,25). The highest BCUT2D eigenvalue weighted by atomic mass is 32.1. The molecular formula is C21H12N6OS. The Labute approximate surface area is 168 Å². The van der Waals surface area contributed by atoms with Gasteiger partial charge >= 0.3 is 0 Å². The number of aromatic nitrogens is 4. The number of rotatable bonds is 2. The van der Waals surface area contributed by atoms with E-state index in [4.69, 9.17) is 4.63 Å². The number of fused-ring (bicyclic) bond motifs is 3. The number of anilines is 1. The summed E-state index contributed by atoms with van der Waals surface area (Å²) in [5.74, 6) is 0.376. The molecule has 0 saturated carbocycles. The van der Waals surface area contributed by atoms with Gasteiger partial charge in [0.05, 0.1) is 28.1 Å². The maximum absolute atomic E-state index is 10.2. The molecule has 2 N–H and O–H groups in total. The lowest BCUT2D eigenvalue weighted by Gasteiger charge is -2.25. The molecule has 0 saturated heterocycles. The van der Waals surface area contributed by atoms with Crippen molar-refractivity contribution in [2.45, 2.75) is 5.92 Å². The van der Waals surface area contributed by atoms with E-state index in [0.717, 1.165) is 27.1 Å². The second kappa shape index (κ2) is 6.02. The van der Waals surface area contributed by atoms with Crippen LogP contribution in [0.2, 0.25) is 0 Å². The molecule has 138 valence electrons. The Hall–Kier alpha value is -3.96. The van der Waals surface area contributed by atoms with Gasteiger partial charge in [0.2, 0.25) is 0 Å². The molecule has 0 spiro atoms. The first kappa shape index (κ1) is 16.0. The minimum absolute atomic E-state index is 0.328. The van der Waals surface area contributed by atoms with E-state index < -0.39 is 0 Å². The summed E-state index contributed by atoms with van der Waals surface area (Å²) >= 11 is 1.65. The number of hydrogen-bond acceptors (Lipinski definition) is 7. The van der Waals surface area contributed by atoms with Gasteiger partial charge in [-0.25, -0.2) is 4.63 Å². The Kier molecular flexibility index (Phi) is 3.33. The van der Waals surface area contributed by atoms with Crippen molar-refractivity contribution in [2.75, 3.05) is 5.32 Å². The van der Waals surface area contributed by atoms with E-state index in [1.54, 1.807) is 11.3 Å². The molecule has 1 atom stereocenters. The zero-order valence-corrected chi connectivity index (χ0v) is 15.7. The number of thiophene rings is 1. The first-order chi connectivity index (χ1) is 14.3. The van der Waals surface area contributed by atoms with Crippen LogP contribution in [-0.2, 0) is 0 Å². The normalized spacial score (nSPS) is 16.0. The third-order valence-corrected chi connectivity index (χ3v) is 6.34. The number of nitrogens with zero attached hydrogens (tertiary/aromatic N) is 4. The van der Waals surface area contributed by atoms with Crippen molar-refractivity contribution in [2.24, 2.45) is 0 Å². The van der Waals surface area contributed by atoms with Crippen LogP contribution in [0.1, 0.15) is 21.9 Å². The van der Waals surface area contributed by atoms with Crippen LogP contribution >= 0.6 is 11.3 Å². The molecule has 2 aromatic carbocycles. The summed E-state index contributed by atoms with van der Waals surface area (Å²) in [4.78, 5) is 0.992. The van der Waals surface area contributed by atoms with Crippen LogP contribution in [0.25, 0.3) is 26.8 Å². The zero-order valence-electron chi connectivity index (χ0n) is 14.9. The van der Waals surface area contributed by atoms with Crippen molar-refractivity contribution >= 4 is 44.0 Å². The second-order valence-electron chi connectivity index (χ2n) is 6.78. The van der Waals surface area contributed by atoms with Crippen LogP contribution in [0, 0.1) is 11.3 Å². The smallest absolute Gasteiger partial charge is 0.156 e. The quantitative estimate of drug-likeness (QED) is 0.450. The van der Waals surface area contributed by atoms with Gasteiger partial charge in [-0.15, -0.1) is 11.3 Å². The number of hydrogen-bond donors (Lipinski definition) is 2. The Bertz CT molecular complexity index is 1430. The fourth-order valence-corrected chi connectivity index (χ4v) is 4.99. The van der Waals surface area contributed by atoms with Crippen LogP contribution in [0.15, 0.2) is 64.9 Å². The Balaban J connectivity index is 1.63. The Morgan fingerprint density at radius 2 is 2.00 bits per heavy atom. The Morgan fingerprint density at radius 1 is 1.07 bits per heavy atom. The molecule has 1 aliphatic heterocycles. The van der Waals surface area contributed by atoms with E-state index >= 15 is 0 Å². The van der Waals surface area contributed by atoms with Crippen molar-refractivity contribution in [3.63, 3.8) is 0 Å². The van der Waals surface area contributed by atoms with Crippen molar-refractivity contribution < 1.29 is 4.63 Å². The van der Waals surface area contributed by atoms with E-state index in [9.17, 15) is 5.26 Å². The van der Waals surface area contributed by atoms with E-state index in [-0.39, 0.29) is 5.92 Å². The van der Waals surface area contributed by atoms with E-state index in [1.165, 1.54) is 4.70 Å². The maximum Gasteiger partial charge on any atom is 0.156 e. The molecule has 1 aliphatic rings. The van der Waals surface area contributed by atoms with Gasteiger partial charge in [0.1, 0.15) is 11.0 Å². The highest BCUT2D eigenvalue weighted by Gasteiger charge is 2.34. The summed E-state index contributed by atoms with van der Waals surface area (Å²) < 4.78 is 6.12. The third-order valence-electron chi connectivity index (χ3n) is 5.20. The average Bonchev–Trinajstić information content (AvgIpc) is 3.50. The summed E-state index contributed by atoms with van der Waals surface area (Å²) in [7, 11) is 0. The van der Waals surface area contributed by atoms with Gasteiger partial charge in [-0.3, -0.25) is 5.10 Å². The van der Waals surface area contributed by atoms with Crippen molar-refractivity contribution in [3.05, 3.63) is 76.3 Å². The molecular weight excluding hydrogens is 384 g/mol. The fraction of sp³-hybridized carbons (Fsp3) is 0.0476. The molecule has 0 aliphatic carbocycles. The number of benzene rings is 2. The van der Waals surface area contributed by atoms with Gasteiger partial charge in [0, 0.05) is 16.5 Å². The first-order valence-corrected chi connectivity index (χ1v) is 9.80. The van der Waals surface area contributed by atoms with Crippen molar-refractivity contribution in [1.29, 1.82) is 5.26 Å². The number of aromatic amines is 1. The van der Waals surface area contributed by atoms with Gasteiger partial charge in [-0.1, -0.05) is 30.3 Å². The minimum Gasteiger partial charge on any atom is -0.336 e. The number of allylic oxidation sites excluding steroid dienone is 1. The molecule has 4 heterocycles. The Morgan fingerprint density at radius 3 is 2.90 bits per heavy atom. The van der Waals surface area contributed by atoms with E-state index in [0.29, 0.717) is 22.4 Å². The molecule has 1 unspecified atom stereocenters. The SMILES string of the molecule is N#CC1=C(c2cc3ccccc3s2)Nc2n[nH]cc2C1c1cccc2nonc12. The van der Waals surface area contributed by atoms with Crippen LogP contribution in [0.3, 0.4) is 0 Å². The minimum atomic E-state index is -0.328. The molecule has 0 radical (unpaired) electrons. The van der Waals surface area contributed by atoms with Gasteiger partial charge in [-0.05, 0) is 39.5 Å². The third kappa shape index (κ3) is 2.31. The molecule has 0 fully saturated rings. The highest BCUT2D eigenvalue weighted by molar-refractivity contribution is 7.20. The van der Waals surface area contributed by atoms with E-state index in [2.05, 4.69) is 50.1 Å². The van der Waals surface area contributed by atoms with Crippen LogP contribution in [0.5, 0.6) is 0 Å². The maximum atomic E-state index is 10.2. The lowest BCUT2D eigenvalue weighted by Crippen LogP contribution is -2.16. The van der Waals surface area contributed by atoms with Gasteiger partial charge in [-0.2, -0.15) is 10.4 Å². The van der Waals surface area contributed by atoms with E-state index in [1.807, 2.05) is 36.5 Å². The summed E-state index contributed by atoms with van der Waals surface area (Å²) in [5, 5.41) is 30.0. The molecule has 7 nitrogen and oxygen atoms in total. The molecule has 29 heavy (non-hydrogen) atoms. The van der Waals surface area contributed by atoms with Crippen LogP contribution < -0.4 is 5.32 Å². The van der Waals surface area contributed by atoms with Gasteiger partial charge in [0.25, 0.3) is 0 Å². The molecule has 0 amide bonds. The lowest BCUT2D eigenvalue weighted by atomic mass is 9.82. The summed E-state index contributed by atoms with van der Waals surface area (Å²) in [6, 6.07) is 18.4. The predicted molar refractivity (Wildman–Crippen MR) is 110 cm³/mol. The predicted octanol–water partition coefficient (Wildman–Crippen LogP) is 4.65. The van der Waals surface area contributed by atoms with Crippen LogP contribution in [0.4, 0.5) is 5.82 Å². The lowest BCUT2D eigenvalue weighted by molar-refractivity contribution is 0.315. The number of H-pyrrole nitrogens is 1. The summed E-state index contributed by atoms with van der Waals surface area (Å²) in [5.41, 5.74) is 4.44. The molecule has 8 heteroatoms. The summed E-state index contributed by atoms with van der Waals surface area (Å²) in [6.45, 7) is 0. The van der Waals surface area contributed by atoms with Gasteiger partial charge < -0.3 is 5.32 Å². The number of nitriles is 1. The molecule has 6 rings (SSSR count). The summed E-state index contributed by atoms with van der Waals surface area (Å²) in [6.07, 6.45) is 1.82. The molecule has 5 aromatic rings. The largest absolute Gasteiger partial charge is 0.336 e. The number of nitrogens with one attached hydrogen (secondary N) is 2.